The van der Waals surface area contributed by atoms with E-state index < -0.39 is 0 Å². The number of rotatable bonds is 2. The molecule has 0 fully saturated rings. The van der Waals surface area contributed by atoms with Crippen LogP contribution in [-0.4, -0.2) is 9.55 Å². The van der Waals surface area contributed by atoms with Crippen molar-refractivity contribution in [2.75, 3.05) is 0 Å². The number of nitrogens with zero attached hydrogens (tertiary/aromatic N) is 3. The molecule has 0 amide bonds. The molecule has 1 unspecified atom stereocenters. The fourth-order valence-electron chi connectivity index (χ4n) is 3.51. The predicted octanol–water partition coefficient (Wildman–Crippen LogP) is 2.40. The van der Waals surface area contributed by atoms with Gasteiger partial charge in [0.05, 0.1) is 17.8 Å². The molecule has 3 heterocycles. The van der Waals surface area contributed by atoms with Crippen LogP contribution < -0.4 is 15.2 Å². The van der Waals surface area contributed by atoms with Crippen LogP contribution in [0.3, 0.4) is 0 Å². The highest BCUT2D eigenvalue weighted by atomic mass is 127. The molecule has 0 aliphatic carbocycles. The first-order valence-electron chi connectivity index (χ1n) is 8.09. The molecule has 0 bridgehead atoms. The molecule has 1 aliphatic heterocycles. The van der Waals surface area contributed by atoms with E-state index in [0.29, 0.717) is 5.56 Å². The van der Waals surface area contributed by atoms with Crippen LogP contribution in [0.2, 0.25) is 0 Å². The molecule has 1 aromatic carbocycles. The summed E-state index contributed by atoms with van der Waals surface area (Å²) >= 11 is 3.80. The van der Waals surface area contributed by atoms with Crippen molar-refractivity contribution in [3.63, 3.8) is 0 Å². The van der Waals surface area contributed by atoms with Crippen LogP contribution in [0.15, 0.2) is 41.3 Å². The van der Waals surface area contributed by atoms with E-state index in [-0.39, 0.29) is 23.0 Å². The van der Waals surface area contributed by atoms with E-state index in [0.717, 1.165) is 33.0 Å². The Kier molecular flexibility index (Phi) is 4.36. The van der Waals surface area contributed by atoms with Gasteiger partial charge in [-0.3, -0.25) is 0 Å². The van der Waals surface area contributed by atoms with E-state index in [2.05, 4.69) is 27.6 Å². The van der Waals surface area contributed by atoms with Gasteiger partial charge in [0.2, 0.25) is 0 Å². The maximum atomic E-state index is 13.3. The van der Waals surface area contributed by atoms with Crippen molar-refractivity contribution in [2.45, 2.75) is 25.3 Å². The summed E-state index contributed by atoms with van der Waals surface area (Å²) in [6.45, 7) is 0. The van der Waals surface area contributed by atoms with E-state index in [1.165, 1.54) is 0 Å². The molecule has 0 spiro atoms. The number of aromatic nitrogens is 3. The third-order valence-corrected chi connectivity index (χ3v) is 6.52. The summed E-state index contributed by atoms with van der Waals surface area (Å²) in [6.07, 6.45) is 4.43. The van der Waals surface area contributed by atoms with Crippen molar-refractivity contribution < 1.29 is 9.67 Å². The lowest BCUT2D eigenvalue weighted by atomic mass is 10.0. The Bertz CT molecular complexity index is 998. The van der Waals surface area contributed by atoms with Crippen LogP contribution in [0.5, 0.6) is 5.88 Å². The standard InChI is InChI=1S/C18H16IN3O2S/c1-21-14-9-5-8-12(13-10-20-18(19)25-13)22(14)17(24)15(16(21)23)11-6-3-2-4-7-11/h2-4,6-7,10,12H,5,8-9H2,1H3. The number of fused-ring (bicyclic) bond motifs is 1. The summed E-state index contributed by atoms with van der Waals surface area (Å²) in [4.78, 5) is 18.7. The molecule has 0 N–H and O–H groups in total. The smallest absolute Gasteiger partial charge is 0.345 e. The van der Waals surface area contributed by atoms with Gasteiger partial charge in [0.15, 0.2) is 3.01 Å². The first-order chi connectivity index (χ1) is 12.1. The zero-order valence-corrected chi connectivity index (χ0v) is 16.6. The summed E-state index contributed by atoms with van der Waals surface area (Å²) in [7, 11) is 1.76. The maximum Gasteiger partial charge on any atom is 0.345 e. The highest BCUT2D eigenvalue weighted by molar-refractivity contribution is 14.1. The summed E-state index contributed by atoms with van der Waals surface area (Å²) in [5.41, 5.74) is 0.724. The largest absolute Gasteiger partial charge is 0.842 e. The van der Waals surface area contributed by atoms with E-state index in [1.807, 2.05) is 41.1 Å². The highest BCUT2D eigenvalue weighted by Gasteiger charge is 2.34. The van der Waals surface area contributed by atoms with Crippen LogP contribution in [0, 0.1) is 3.01 Å². The number of hydrogen-bond acceptors (Lipinski definition) is 4. The maximum absolute atomic E-state index is 13.3. The third kappa shape index (κ3) is 2.79. The van der Waals surface area contributed by atoms with Crippen molar-refractivity contribution in [3.8, 4) is 17.0 Å². The summed E-state index contributed by atoms with van der Waals surface area (Å²) < 4.78 is 4.42. The van der Waals surface area contributed by atoms with Crippen molar-refractivity contribution >= 4 is 33.9 Å². The molecule has 7 heteroatoms. The average Bonchev–Trinajstić information content (AvgIpc) is 3.06. The molecule has 0 saturated carbocycles. The molecule has 5 nitrogen and oxygen atoms in total. The molecule has 2 aromatic heterocycles. The minimum Gasteiger partial charge on any atom is -0.842 e. The molecule has 128 valence electrons. The molecule has 3 aromatic rings. The van der Waals surface area contributed by atoms with Crippen LogP contribution in [0.25, 0.3) is 11.1 Å². The normalized spacial score (nSPS) is 16.6. The lowest BCUT2D eigenvalue weighted by Gasteiger charge is -2.25. The van der Waals surface area contributed by atoms with Crippen LogP contribution >= 0.6 is 33.9 Å². The fraction of sp³-hybridized carbons (Fsp3) is 0.278. The van der Waals surface area contributed by atoms with E-state index >= 15 is 0 Å². The second kappa shape index (κ2) is 6.53. The lowest BCUT2D eigenvalue weighted by Crippen LogP contribution is -2.49. The summed E-state index contributed by atoms with van der Waals surface area (Å²) in [5, 5.41) is 12.8. The number of benzene rings is 1. The second-order valence-electron chi connectivity index (χ2n) is 6.12. The fourth-order valence-corrected chi connectivity index (χ4v) is 5.17. The van der Waals surface area contributed by atoms with Crippen LogP contribution in [0.1, 0.15) is 29.6 Å². The van der Waals surface area contributed by atoms with Crippen molar-refractivity contribution in [1.82, 2.24) is 9.55 Å². The van der Waals surface area contributed by atoms with Gasteiger partial charge in [0.1, 0.15) is 11.6 Å². The molecule has 0 radical (unpaired) electrons. The Morgan fingerprint density at radius 2 is 2.12 bits per heavy atom. The topological polar surface area (TPSA) is 61.8 Å². The van der Waals surface area contributed by atoms with Gasteiger partial charge in [-0.05, 0) is 41.0 Å². The van der Waals surface area contributed by atoms with Gasteiger partial charge in [0, 0.05) is 12.6 Å². The monoisotopic (exact) mass is 465 g/mol. The van der Waals surface area contributed by atoms with Gasteiger partial charge in [-0.15, -0.1) is 11.3 Å². The van der Waals surface area contributed by atoms with Crippen molar-refractivity contribution in [2.24, 2.45) is 7.05 Å². The zero-order valence-electron chi connectivity index (χ0n) is 13.6. The van der Waals surface area contributed by atoms with Crippen LogP contribution in [0.4, 0.5) is 0 Å². The Balaban J connectivity index is 2.00. The third-order valence-electron chi connectivity index (χ3n) is 4.69. The number of thiazole rings is 1. The van der Waals surface area contributed by atoms with Gasteiger partial charge < -0.3 is 5.11 Å². The first-order valence-corrected chi connectivity index (χ1v) is 9.98. The average molecular weight is 465 g/mol. The zero-order chi connectivity index (χ0) is 17.6. The predicted molar refractivity (Wildman–Crippen MR) is 103 cm³/mol. The highest BCUT2D eigenvalue weighted by Crippen LogP contribution is 2.33. The van der Waals surface area contributed by atoms with Gasteiger partial charge in [-0.2, -0.15) is 4.57 Å². The van der Waals surface area contributed by atoms with Gasteiger partial charge >= 0.3 is 5.56 Å². The van der Waals surface area contributed by atoms with Gasteiger partial charge in [-0.1, -0.05) is 30.3 Å². The van der Waals surface area contributed by atoms with E-state index in [4.69, 9.17) is 0 Å². The van der Waals surface area contributed by atoms with Gasteiger partial charge in [0.25, 0.3) is 5.82 Å². The molecule has 1 aliphatic rings. The minimum absolute atomic E-state index is 0.0495. The second-order valence-corrected chi connectivity index (χ2v) is 8.94. The molecular formula is C18H16IN3O2S. The summed E-state index contributed by atoms with van der Waals surface area (Å²) in [6, 6.07) is 9.16. The van der Waals surface area contributed by atoms with E-state index in [1.54, 1.807) is 23.0 Å². The molecular weight excluding hydrogens is 449 g/mol. The molecule has 1 atom stereocenters. The number of hydrogen-bond donors (Lipinski definition) is 0. The summed E-state index contributed by atoms with van der Waals surface area (Å²) in [5.74, 6) is 0.580. The first kappa shape index (κ1) is 16.7. The van der Waals surface area contributed by atoms with E-state index in [9.17, 15) is 9.90 Å². The SMILES string of the molecule is C[n+]1c([O-])c(-c2ccccc2)c(=O)n2c1CCCC2c1cnc(I)s1. The Labute approximate surface area is 162 Å². The van der Waals surface area contributed by atoms with Crippen molar-refractivity contribution in [1.29, 1.82) is 0 Å². The van der Waals surface area contributed by atoms with Crippen LogP contribution in [-0.2, 0) is 13.5 Å². The lowest BCUT2D eigenvalue weighted by molar-refractivity contribution is -0.724. The Hall–Kier alpha value is -1.74. The quantitative estimate of drug-likeness (QED) is 0.432. The number of halogens is 1. The molecule has 4 rings (SSSR count). The molecule has 25 heavy (non-hydrogen) atoms. The van der Waals surface area contributed by atoms with Gasteiger partial charge in [-0.25, -0.2) is 14.3 Å². The Morgan fingerprint density at radius 3 is 2.80 bits per heavy atom. The Morgan fingerprint density at radius 1 is 1.36 bits per heavy atom. The minimum atomic E-state index is -0.220. The van der Waals surface area contributed by atoms with Crippen molar-refractivity contribution in [3.05, 3.63) is 60.6 Å². The molecule has 0 saturated heterocycles.